The summed E-state index contributed by atoms with van der Waals surface area (Å²) in [5, 5.41) is 14.8. The molecule has 0 spiro atoms. The number of rotatable bonds is 7. The zero-order chi connectivity index (χ0) is 23.3. The van der Waals surface area contributed by atoms with Crippen LogP contribution in [0.2, 0.25) is 0 Å². The summed E-state index contributed by atoms with van der Waals surface area (Å²) in [7, 11) is 0. The Bertz CT molecular complexity index is 1090. The van der Waals surface area contributed by atoms with Crippen LogP contribution < -0.4 is 0 Å². The summed E-state index contributed by atoms with van der Waals surface area (Å²) in [5.74, 6) is 0.0199. The van der Waals surface area contributed by atoms with Gasteiger partial charge in [-0.2, -0.15) is 5.10 Å². The zero-order valence-electron chi connectivity index (χ0n) is 19.8. The van der Waals surface area contributed by atoms with Gasteiger partial charge in [-0.1, -0.05) is 60.7 Å². The molecule has 34 heavy (non-hydrogen) atoms. The highest BCUT2D eigenvalue weighted by molar-refractivity contribution is 5.94. The highest BCUT2D eigenvalue weighted by Crippen LogP contribution is 2.26. The van der Waals surface area contributed by atoms with Gasteiger partial charge in [0, 0.05) is 56.9 Å². The molecule has 2 aliphatic heterocycles. The maximum Gasteiger partial charge on any atom is 0.274 e. The van der Waals surface area contributed by atoms with Crippen LogP contribution in [0.15, 0.2) is 60.7 Å². The van der Waals surface area contributed by atoms with Crippen LogP contribution in [0.1, 0.15) is 45.7 Å². The Kier molecular flexibility index (Phi) is 7.07. The number of hydrogen-bond acceptors (Lipinski definition) is 4. The molecule has 1 amide bonds. The molecule has 0 radical (unpaired) electrons. The van der Waals surface area contributed by atoms with Gasteiger partial charge in [0.2, 0.25) is 0 Å². The van der Waals surface area contributed by atoms with Crippen LogP contribution in [-0.2, 0) is 32.4 Å². The third-order valence-corrected chi connectivity index (χ3v) is 7.18. The molecule has 0 unspecified atom stereocenters. The van der Waals surface area contributed by atoms with Crippen molar-refractivity contribution < 1.29 is 9.90 Å². The van der Waals surface area contributed by atoms with Crippen LogP contribution >= 0.6 is 0 Å². The molecule has 178 valence electrons. The molecular weight excluding hydrogens is 424 g/mol. The molecule has 1 aromatic heterocycles. The van der Waals surface area contributed by atoms with Gasteiger partial charge in [0.25, 0.3) is 5.91 Å². The molecule has 0 aliphatic carbocycles. The summed E-state index contributed by atoms with van der Waals surface area (Å²) in [6, 6.07) is 21.1. The lowest BCUT2D eigenvalue weighted by molar-refractivity contribution is 0.0539. The second-order valence-corrected chi connectivity index (χ2v) is 9.52. The van der Waals surface area contributed by atoms with E-state index in [0.29, 0.717) is 31.6 Å². The van der Waals surface area contributed by atoms with Crippen molar-refractivity contribution in [3.8, 4) is 0 Å². The summed E-state index contributed by atoms with van der Waals surface area (Å²) >= 11 is 0. The summed E-state index contributed by atoms with van der Waals surface area (Å²) in [6.45, 7) is 4.71. The summed E-state index contributed by atoms with van der Waals surface area (Å²) in [6.07, 6.45) is 3.81. The van der Waals surface area contributed by atoms with Gasteiger partial charge in [-0.3, -0.25) is 14.4 Å². The first-order chi connectivity index (χ1) is 16.7. The Morgan fingerprint density at radius 3 is 2.15 bits per heavy atom. The predicted molar refractivity (Wildman–Crippen MR) is 133 cm³/mol. The summed E-state index contributed by atoms with van der Waals surface area (Å²) < 4.78 is 2.09. The molecule has 2 aliphatic rings. The summed E-state index contributed by atoms with van der Waals surface area (Å²) in [5.41, 5.74) is 5.56. The van der Waals surface area contributed by atoms with Crippen molar-refractivity contribution in [3.63, 3.8) is 0 Å². The number of hydrogen-bond donors (Lipinski definition) is 1. The normalized spacial score (nSPS) is 17.0. The molecule has 1 fully saturated rings. The maximum atomic E-state index is 13.5. The number of piperidine rings is 1. The number of nitrogens with zero attached hydrogens (tertiary/aromatic N) is 4. The van der Waals surface area contributed by atoms with Crippen molar-refractivity contribution in [1.29, 1.82) is 0 Å². The predicted octanol–water partition coefficient (Wildman–Crippen LogP) is 3.32. The lowest BCUT2D eigenvalue weighted by Crippen LogP contribution is -2.41. The molecule has 0 saturated carbocycles. The number of fused-ring (bicyclic) bond motifs is 1. The maximum absolute atomic E-state index is 13.5. The molecule has 3 heterocycles. The Morgan fingerprint density at radius 2 is 1.50 bits per heavy atom. The SMILES string of the molecule is O=C(c1nn(CCc2ccccc2)c2c1CN(CCc1ccccc1)CC2)N1CCC(O)CC1. The van der Waals surface area contributed by atoms with Crippen molar-refractivity contribution in [2.75, 3.05) is 26.2 Å². The third kappa shape index (κ3) is 5.24. The fourth-order valence-electron chi connectivity index (χ4n) is 5.12. The van der Waals surface area contributed by atoms with Crippen molar-refractivity contribution >= 4 is 5.91 Å². The average Bonchev–Trinajstić information content (AvgIpc) is 3.25. The van der Waals surface area contributed by atoms with Crippen LogP contribution in [0.4, 0.5) is 0 Å². The number of carbonyl (C=O) groups is 1. The first-order valence-electron chi connectivity index (χ1n) is 12.5. The third-order valence-electron chi connectivity index (χ3n) is 7.18. The molecule has 1 N–H and O–H groups in total. The van der Waals surface area contributed by atoms with Crippen molar-refractivity contribution in [3.05, 3.63) is 88.7 Å². The second kappa shape index (κ2) is 10.5. The van der Waals surface area contributed by atoms with Crippen LogP contribution in [0.5, 0.6) is 0 Å². The lowest BCUT2D eigenvalue weighted by atomic mass is 10.0. The van der Waals surface area contributed by atoms with E-state index in [-0.39, 0.29) is 12.0 Å². The fraction of sp³-hybridized carbons (Fsp3) is 0.429. The lowest BCUT2D eigenvalue weighted by Gasteiger charge is -2.30. The number of carbonyl (C=O) groups excluding carboxylic acids is 1. The van der Waals surface area contributed by atoms with E-state index in [1.807, 2.05) is 11.0 Å². The minimum atomic E-state index is -0.296. The standard InChI is InChI=1S/C28H34N4O2/c33-24-13-18-31(19-14-24)28(34)27-25-21-30(16-11-22-7-3-1-4-8-22)17-15-26(25)32(29-27)20-12-23-9-5-2-6-10-23/h1-10,24,33H,11-21H2. The largest absolute Gasteiger partial charge is 0.393 e. The van der Waals surface area contributed by atoms with Gasteiger partial charge in [0.1, 0.15) is 0 Å². The van der Waals surface area contributed by atoms with Gasteiger partial charge < -0.3 is 10.0 Å². The van der Waals surface area contributed by atoms with Gasteiger partial charge in [0.05, 0.1) is 6.10 Å². The minimum absolute atomic E-state index is 0.0199. The second-order valence-electron chi connectivity index (χ2n) is 9.52. The molecule has 0 bridgehead atoms. The Labute approximate surface area is 201 Å². The van der Waals surface area contributed by atoms with Gasteiger partial charge in [-0.05, 0) is 36.8 Å². The Balaban J connectivity index is 1.35. The van der Waals surface area contributed by atoms with E-state index < -0.39 is 0 Å². The van der Waals surface area contributed by atoms with E-state index in [1.165, 1.54) is 16.8 Å². The van der Waals surface area contributed by atoms with E-state index in [4.69, 9.17) is 5.10 Å². The smallest absolute Gasteiger partial charge is 0.274 e. The molecule has 0 atom stereocenters. The van der Waals surface area contributed by atoms with Crippen LogP contribution in [0.25, 0.3) is 0 Å². The Morgan fingerprint density at radius 1 is 0.882 bits per heavy atom. The molecule has 6 heteroatoms. The molecule has 6 nitrogen and oxygen atoms in total. The number of aliphatic hydroxyl groups excluding tert-OH is 1. The Hall–Kier alpha value is -2.96. The first-order valence-corrected chi connectivity index (χ1v) is 12.5. The average molecular weight is 459 g/mol. The molecule has 2 aromatic carbocycles. The number of aliphatic hydroxyl groups is 1. The molecule has 1 saturated heterocycles. The van der Waals surface area contributed by atoms with Crippen molar-refractivity contribution in [2.24, 2.45) is 0 Å². The molecule has 3 aromatic rings. The van der Waals surface area contributed by atoms with Crippen LogP contribution in [0.3, 0.4) is 0 Å². The number of likely N-dealkylation sites (tertiary alicyclic amines) is 1. The minimum Gasteiger partial charge on any atom is -0.393 e. The topological polar surface area (TPSA) is 61.6 Å². The zero-order valence-corrected chi connectivity index (χ0v) is 19.8. The highest BCUT2D eigenvalue weighted by Gasteiger charge is 2.31. The van der Waals surface area contributed by atoms with Gasteiger partial charge in [-0.25, -0.2) is 0 Å². The van der Waals surface area contributed by atoms with Crippen molar-refractivity contribution in [1.82, 2.24) is 19.6 Å². The molecule has 5 rings (SSSR count). The monoisotopic (exact) mass is 458 g/mol. The van der Waals surface area contributed by atoms with Gasteiger partial charge in [-0.15, -0.1) is 0 Å². The quantitative estimate of drug-likeness (QED) is 0.590. The van der Waals surface area contributed by atoms with Crippen LogP contribution in [-0.4, -0.2) is 62.9 Å². The van der Waals surface area contributed by atoms with E-state index in [1.54, 1.807) is 0 Å². The fourth-order valence-corrected chi connectivity index (χ4v) is 5.12. The van der Waals surface area contributed by atoms with Crippen molar-refractivity contribution in [2.45, 2.75) is 51.3 Å². The van der Waals surface area contributed by atoms with E-state index in [9.17, 15) is 9.90 Å². The van der Waals surface area contributed by atoms with Crippen LogP contribution in [0, 0.1) is 0 Å². The number of benzene rings is 2. The number of aromatic nitrogens is 2. The number of amides is 1. The molecular formula is C28H34N4O2. The van der Waals surface area contributed by atoms with E-state index in [0.717, 1.165) is 51.0 Å². The van der Waals surface area contributed by atoms with E-state index in [2.05, 4.69) is 64.2 Å². The highest BCUT2D eigenvalue weighted by atomic mass is 16.3. The van der Waals surface area contributed by atoms with E-state index >= 15 is 0 Å². The first kappa shape index (κ1) is 22.8. The van der Waals surface area contributed by atoms with Gasteiger partial charge >= 0.3 is 0 Å². The summed E-state index contributed by atoms with van der Waals surface area (Å²) in [4.78, 5) is 17.8. The number of aryl methyl sites for hydroxylation is 2. The van der Waals surface area contributed by atoms with Gasteiger partial charge in [0.15, 0.2) is 5.69 Å².